The van der Waals surface area contributed by atoms with E-state index in [1.165, 1.54) is 12.0 Å². The zero-order chi connectivity index (χ0) is 13.4. The Bertz CT molecular complexity index is 349. The number of esters is 1. The summed E-state index contributed by atoms with van der Waals surface area (Å²) in [5.74, 6) is 1.35. The molecular formula is C15H22O2S. The molecule has 1 atom stereocenters. The zero-order valence-electron chi connectivity index (χ0n) is 11.4. The summed E-state index contributed by atoms with van der Waals surface area (Å²) < 4.78 is 4.84. The van der Waals surface area contributed by atoms with Gasteiger partial charge in [-0.1, -0.05) is 32.0 Å². The van der Waals surface area contributed by atoms with Crippen LogP contribution in [0.4, 0.5) is 0 Å². The fraction of sp³-hybridized carbons (Fsp3) is 0.533. The largest absolute Gasteiger partial charge is 0.469 e. The molecule has 0 heterocycles. The van der Waals surface area contributed by atoms with Crippen molar-refractivity contribution < 1.29 is 9.53 Å². The van der Waals surface area contributed by atoms with Gasteiger partial charge in [0.2, 0.25) is 0 Å². The number of carbonyl (C=O) groups excluding carboxylic acids is 1. The summed E-state index contributed by atoms with van der Waals surface area (Å²) in [7, 11) is 1.47. The molecule has 2 nitrogen and oxygen atoms in total. The Morgan fingerprint density at radius 3 is 2.50 bits per heavy atom. The first-order valence-corrected chi connectivity index (χ1v) is 7.39. The Morgan fingerprint density at radius 2 is 1.94 bits per heavy atom. The van der Waals surface area contributed by atoms with E-state index in [-0.39, 0.29) is 11.9 Å². The van der Waals surface area contributed by atoms with Crippen molar-refractivity contribution in [1.29, 1.82) is 0 Å². The van der Waals surface area contributed by atoms with E-state index < -0.39 is 0 Å². The summed E-state index contributed by atoms with van der Waals surface area (Å²) in [6.45, 7) is 4.15. The minimum Gasteiger partial charge on any atom is -0.469 e. The third-order valence-electron chi connectivity index (χ3n) is 2.98. The molecule has 3 heteroatoms. The van der Waals surface area contributed by atoms with E-state index >= 15 is 0 Å². The van der Waals surface area contributed by atoms with Gasteiger partial charge in [0.1, 0.15) is 0 Å². The standard InChI is InChI=1S/C15H22O2S/c1-12(2)14(15(16)17-3)10-7-11-18-13-8-5-4-6-9-13/h4-6,8-9,12,14H,7,10-11H2,1-3H3. The van der Waals surface area contributed by atoms with E-state index in [0.717, 1.165) is 18.6 Å². The van der Waals surface area contributed by atoms with Crippen LogP contribution in [0.25, 0.3) is 0 Å². The first-order chi connectivity index (χ1) is 8.65. The van der Waals surface area contributed by atoms with Gasteiger partial charge in [-0.15, -0.1) is 11.8 Å². The van der Waals surface area contributed by atoms with Crippen LogP contribution < -0.4 is 0 Å². The van der Waals surface area contributed by atoms with E-state index in [4.69, 9.17) is 4.74 Å². The number of thioether (sulfide) groups is 1. The molecule has 0 aliphatic heterocycles. The quantitative estimate of drug-likeness (QED) is 0.424. The van der Waals surface area contributed by atoms with Crippen molar-refractivity contribution in [3.05, 3.63) is 30.3 Å². The lowest BCUT2D eigenvalue weighted by Crippen LogP contribution is -2.21. The normalized spacial score (nSPS) is 12.4. The van der Waals surface area contributed by atoms with Crippen molar-refractivity contribution in [2.45, 2.75) is 31.6 Å². The fourth-order valence-corrected chi connectivity index (χ4v) is 2.78. The number of hydrogen-bond donors (Lipinski definition) is 0. The maximum atomic E-state index is 11.6. The van der Waals surface area contributed by atoms with Crippen LogP contribution in [-0.4, -0.2) is 18.8 Å². The fourth-order valence-electron chi connectivity index (χ4n) is 1.88. The number of methoxy groups -OCH3 is 1. The van der Waals surface area contributed by atoms with Crippen molar-refractivity contribution >= 4 is 17.7 Å². The molecule has 1 unspecified atom stereocenters. The molecule has 0 spiro atoms. The Morgan fingerprint density at radius 1 is 1.28 bits per heavy atom. The third-order valence-corrected chi connectivity index (χ3v) is 4.08. The molecule has 1 aromatic carbocycles. The Labute approximate surface area is 114 Å². The smallest absolute Gasteiger partial charge is 0.308 e. The maximum Gasteiger partial charge on any atom is 0.308 e. The lowest BCUT2D eigenvalue weighted by molar-refractivity contribution is -0.147. The van der Waals surface area contributed by atoms with E-state index in [0.29, 0.717) is 5.92 Å². The van der Waals surface area contributed by atoms with Gasteiger partial charge in [0.15, 0.2) is 0 Å². The van der Waals surface area contributed by atoms with E-state index in [2.05, 4.69) is 26.0 Å². The predicted molar refractivity (Wildman–Crippen MR) is 76.7 cm³/mol. The van der Waals surface area contributed by atoms with Crippen LogP contribution in [0.2, 0.25) is 0 Å². The maximum absolute atomic E-state index is 11.6. The van der Waals surface area contributed by atoms with Crippen LogP contribution in [0.3, 0.4) is 0 Å². The second-order valence-electron chi connectivity index (χ2n) is 4.68. The Hall–Kier alpha value is -0.960. The van der Waals surface area contributed by atoms with Gasteiger partial charge >= 0.3 is 5.97 Å². The molecule has 0 fully saturated rings. The van der Waals surface area contributed by atoms with Gasteiger partial charge in [0.25, 0.3) is 0 Å². The summed E-state index contributed by atoms with van der Waals surface area (Å²) >= 11 is 1.84. The molecule has 100 valence electrons. The average Bonchev–Trinajstić information content (AvgIpc) is 2.38. The van der Waals surface area contributed by atoms with Crippen molar-refractivity contribution in [2.24, 2.45) is 11.8 Å². The van der Waals surface area contributed by atoms with Crippen LogP contribution >= 0.6 is 11.8 Å². The van der Waals surface area contributed by atoms with E-state index in [9.17, 15) is 4.79 Å². The molecule has 0 aliphatic carbocycles. The molecule has 1 aromatic rings. The molecule has 0 bridgehead atoms. The van der Waals surface area contributed by atoms with Crippen LogP contribution in [0.1, 0.15) is 26.7 Å². The lowest BCUT2D eigenvalue weighted by Gasteiger charge is -2.17. The van der Waals surface area contributed by atoms with Crippen molar-refractivity contribution in [2.75, 3.05) is 12.9 Å². The molecule has 0 aromatic heterocycles. The highest BCUT2D eigenvalue weighted by Crippen LogP contribution is 2.23. The molecule has 0 saturated carbocycles. The molecular weight excluding hydrogens is 244 g/mol. The number of hydrogen-bond acceptors (Lipinski definition) is 3. The summed E-state index contributed by atoms with van der Waals surface area (Å²) in [4.78, 5) is 12.9. The highest BCUT2D eigenvalue weighted by molar-refractivity contribution is 7.99. The number of ether oxygens (including phenoxy) is 1. The third kappa shape index (κ3) is 5.13. The number of rotatable bonds is 7. The van der Waals surface area contributed by atoms with Gasteiger partial charge in [-0.2, -0.15) is 0 Å². The molecule has 0 amide bonds. The molecule has 0 saturated heterocycles. The topological polar surface area (TPSA) is 26.3 Å². The van der Waals surface area contributed by atoms with Crippen LogP contribution in [0, 0.1) is 11.8 Å². The molecule has 0 radical (unpaired) electrons. The van der Waals surface area contributed by atoms with Gasteiger partial charge < -0.3 is 4.74 Å². The summed E-state index contributed by atoms with van der Waals surface area (Å²) in [5, 5.41) is 0. The second-order valence-corrected chi connectivity index (χ2v) is 5.85. The average molecular weight is 266 g/mol. The first-order valence-electron chi connectivity index (χ1n) is 6.40. The summed E-state index contributed by atoms with van der Waals surface area (Å²) in [5.41, 5.74) is 0. The van der Waals surface area contributed by atoms with Crippen LogP contribution in [0.15, 0.2) is 35.2 Å². The second kappa shape index (κ2) is 8.20. The summed E-state index contributed by atoms with van der Waals surface area (Å²) in [6, 6.07) is 10.4. The predicted octanol–water partition coefficient (Wildman–Crippen LogP) is 4.00. The zero-order valence-corrected chi connectivity index (χ0v) is 12.2. The van der Waals surface area contributed by atoms with Crippen LogP contribution in [0.5, 0.6) is 0 Å². The van der Waals surface area contributed by atoms with Crippen LogP contribution in [-0.2, 0) is 9.53 Å². The number of carbonyl (C=O) groups is 1. The van der Waals surface area contributed by atoms with E-state index in [1.807, 2.05) is 30.0 Å². The van der Waals surface area contributed by atoms with Crippen molar-refractivity contribution in [1.82, 2.24) is 0 Å². The lowest BCUT2D eigenvalue weighted by atomic mass is 9.92. The Balaban J connectivity index is 2.29. The molecule has 18 heavy (non-hydrogen) atoms. The van der Waals surface area contributed by atoms with Gasteiger partial charge in [-0.25, -0.2) is 0 Å². The van der Waals surface area contributed by atoms with Gasteiger partial charge in [-0.05, 0) is 36.6 Å². The summed E-state index contributed by atoms with van der Waals surface area (Å²) in [6.07, 6.45) is 1.95. The van der Waals surface area contributed by atoms with E-state index in [1.54, 1.807) is 0 Å². The van der Waals surface area contributed by atoms with Crippen molar-refractivity contribution in [3.8, 4) is 0 Å². The minimum absolute atomic E-state index is 0.0337. The molecule has 0 N–H and O–H groups in total. The molecule has 0 aliphatic rings. The van der Waals surface area contributed by atoms with Gasteiger partial charge in [-0.3, -0.25) is 4.79 Å². The molecule has 1 rings (SSSR count). The SMILES string of the molecule is COC(=O)C(CCCSc1ccccc1)C(C)C. The highest BCUT2D eigenvalue weighted by Gasteiger charge is 2.22. The number of benzene rings is 1. The van der Waals surface area contributed by atoms with Crippen molar-refractivity contribution in [3.63, 3.8) is 0 Å². The highest BCUT2D eigenvalue weighted by atomic mass is 32.2. The first kappa shape index (κ1) is 15.1. The van der Waals surface area contributed by atoms with Gasteiger partial charge in [0, 0.05) is 4.90 Å². The van der Waals surface area contributed by atoms with Gasteiger partial charge in [0.05, 0.1) is 13.0 Å². The Kier molecular flexibility index (Phi) is 6.88. The monoisotopic (exact) mass is 266 g/mol. The minimum atomic E-state index is -0.0743.